The molecule has 0 spiro atoms. The summed E-state index contributed by atoms with van der Waals surface area (Å²) in [6.45, 7) is 1.89. The molecule has 0 atom stereocenters. The van der Waals surface area contributed by atoms with Crippen LogP contribution in [0.5, 0.6) is 0 Å². The minimum Gasteiger partial charge on any atom is -0.294 e. The predicted octanol–water partition coefficient (Wildman–Crippen LogP) is 2.86. The van der Waals surface area contributed by atoms with Crippen LogP contribution in [-0.2, 0) is 6.42 Å². The predicted molar refractivity (Wildman–Crippen MR) is 66.3 cm³/mol. The maximum Gasteiger partial charge on any atom is 0.169 e. The summed E-state index contributed by atoms with van der Waals surface area (Å²) < 4.78 is 0. The molecule has 0 unspecified atom stereocenters. The van der Waals surface area contributed by atoms with E-state index < -0.39 is 0 Å². The minimum atomic E-state index is 0.0173. The second kappa shape index (κ2) is 5.06. The van der Waals surface area contributed by atoms with E-state index in [0.29, 0.717) is 10.6 Å². The Balaban J connectivity index is 2.24. The third kappa shape index (κ3) is 2.68. The van der Waals surface area contributed by atoms with Crippen LogP contribution >= 0.6 is 11.6 Å². The average molecular weight is 247 g/mol. The number of rotatable bonds is 3. The number of hydrogen-bond acceptors (Lipinski definition) is 3. The highest BCUT2D eigenvalue weighted by molar-refractivity contribution is 6.31. The summed E-state index contributed by atoms with van der Waals surface area (Å²) in [5, 5.41) is 0.516. The molecule has 0 saturated carbocycles. The smallest absolute Gasteiger partial charge is 0.169 e. The number of aromatic nitrogens is 2. The van der Waals surface area contributed by atoms with Crippen LogP contribution in [0.3, 0.4) is 0 Å². The molecule has 0 radical (unpaired) electrons. The van der Waals surface area contributed by atoms with Crippen molar-refractivity contribution in [1.29, 1.82) is 0 Å². The fourth-order valence-electron chi connectivity index (χ4n) is 1.57. The Kier molecular flexibility index (Phi) is 3.49. The van der Waals surface area contributed by atoms with Gasteiger partial charge in [-0.2, -0.15) is 0 Å². The first-order valence-corrected chi connectivity index (χ1v) is 5.58. The summed E-state index contributed by atoms with van der Waals surface area (Å²) in [7, 11) is 0. The van der Waals surface area contributed by atoms with Crippen LogP contribution in [0.2, 0.25) is 5.02 Å². The monoisotopic (exact) mass is 246 g/mol. The van der Waals surface area contributed by atoms with Gasteiger partial charge in [0.2, 0.25) is 0 Å². The lowest BCUT2D eigenvalue weighted by atomic mass is 10.0. The van der Waals surface area contributed by atoms with E-state index in [2.05, 4.69) is 9.97 Å². The van der Waals surface area contributed by atoms with Crippen molar-refractivity contribution in [3.63, 3.8) is 0 Å². The Morgan fingerprint density at radius 2 is 1.94 bits per heavy atom. The van der Waals surface area contributed by atoms with Gasteiger partial charge in [-0.25, -0.2) is 0 Å². The number of Topliss-reactive ketones (excluding diaryl/α,β-unsaturated/α-hetero) is 1. The van der Waals surface area contributed by atoms with Gasteiger partial charge in [-0.15, -0.1) is 0 Å². The number of nitrogens with zero attached hydrogens (tertiary/aromatic N) is 2. The lowest BCUT2D eigenvalue weighted by molar-refractivity contribution is 0.0992. The standard InChI is InChI=1S/C13H11ClN2O/c1-9-2-4-15-7-11(9)13(17)6-10-3-5-16-8-12(10)14/h2-5,7-8H,6H2,1H3. The molecule has 3 nitrogen and oxygen atoms in total. The number of pyridine rings is 2. The largest absolute Gasteiger partial charge is 0.294 e. The summed E-state index contributed by atoms with van der Waals surface area (Å²) in [5.74, 6) is 0.0173. The first-order valence-electron chi connectivity index (χ1n) is 5.20. The molecule has 0 bridgehead atoms. The summed E-state index contributed by atoms with van der Waals surface area (Å²) >= 11 is 5.97. The van der Waals surface area contributed by atoms with Crippen molar-refractivity contribution >= 4 is 17.4 Å². The molecule has 17 heavy (non-hydrogen) atoms. The van der Waals surface area contributed by atoms with Crippen LogP contribution in [0.1, 0.15) is 21.5 Å². The molecule has 0 aliphatic carbocycles. The van der Waals surface area contributed by atoms with E-state index in [9.17, 15) is 4.79 Å². The number of ketones is 1. The Hall–Kier alpha value is -1.74. The van der Waals surface area contributed by atoms with E-state index in [1.807, 2.05) is 13.0 Å². The van der Waals surface area contributed by atoms with Gasteiger partial charge in [-0.1, -0.05) is 11.6 Å². The second-order valence-electron chi connectivity index (χ2n) is 3.76. The molecule has 2 rings (SSSR count). The maximum absolute atomic E-state index is 12.1. The van der Waals surface area contributed by atoms with Crippen molar-refractivity contribution in [2.45, 2.75) is 13.3 Å². The van der Waals surface area contributed by atoms with Gasteiger partial charge in [-0.3, -0.25) is 14.8 Å². The van der Waals surface area contributed by atoms with Gasteiger partial charge in [0.25, 0.3) is 0 Å². The fraction of sp³-hybridized carbons (Fsp3) is 0.154. The zero-order chi connectivity index (χ0) is 12.3. The van der Waals surface area contributed by atoms with E-state index >= 15 is 0 Å². The summed E-state index contributed by atoms with van der Waals surface area (Å²) in [4.78, 5) is 19.9. The lowest BCUT2D eigenvalue weighted by Gasteiger charge is -2.05. The van der Waals surface area contributed by atoms with Gasteiger partial charge in [0.1, 0.15) is 0 Å². The van der Waals surface area contributed by atoms with Gasteiger partial charge >= 0.3 is 0 Å². The Morgan fingerprint density at radius 3 is 2.65 bits per heavy atom. The van der Waals surface area contributed by atoms with Gasteiger partial charge in [0.05, 0.1) is 5.02 Å². The molecular formula is C13H11ClN2O. The molecule has 4 heteroatoms. The van der Waals surface area contributed by atoms with E-state index in [-0.39, 0.29) is 12.2 Å². The average Bonchev–Trinajstić information content (AvgIpc) is 2.32. The summed E-state index contributed by atoms with van der Waals surface area (Å²) in [6.07, 6.45) is 6.71. The Morgan fingerprint density at radius 1 is 1.24 bits per heavy atom. The highest BCUT2D eigenvalue weighted by atomic mass is 35.5. The van der Waals surface area contributed by atoms with Crippen molar-refractivity contribution in [1.82, 2.24) is 9.97 Å². The first kappa shape index (κ1) is 11.7. The molecule has 2 aromatic rings. The van der Waals surface area contributed by atoms with Crippen molar-refractivity contribution in [3.8, 4) is 0 Å². The Labute approximate surface area is 104 Å². The molecule has 0 amide bonds. The van der Waals surface area contributed by atoms with Gasteiger partial charge in [-0.05, 0) is 30.2 Å². The molecule has 86 valence electrons. The molecule has 2 heterocycles. The highest BCUT2D eigenvalue weighted by Crippen LogP contribution is 2.17. The summed E-state index contributed by atoms with van der Waals surface area (Å²) in [6, 6.07) is 3.58. The van der Waals surface area contributed by atoms with Crippen molar-refractivity contribution in [2.75, 3.05) is 0 Å². The van der Waals surface area contributed by atoms with Crippen LogP contribution in [0.25, 0.3) is 0 Å². The van der Waals surface area contributed by atoms with Crippen LogP contribution in [0, 0.1) is 6.92 Å². The van der Waals surface area contributed by atoms with Gasteiger partial charge in [0.15, 0.2) is 5.78 Å². The van der Waals surface area contributed by atoms with Crippen LogP contribution in [0.15, 0.2) is 36.9 Å². The maximum atomic E-state index is 12.1. The third-order valence-corrected chi connectivity index (χ3v) is 2.89. The molecule has 2 aromatic heterocycles. The highest BCUT2D eigenvalue weighted by Gasteiger charge is 2.11. The summed E-state index contributed by atoms with van der Waals surface area (Å²) in [5.41, 5.74) is 2.35. The number of hydrogen-bond donors (Lipinski definition) is 0. The van der Waals surface area contributed by atoms with E-state index in [1.54, 1.807) is 30.9 Å². The third-order valence-electron chi connectivity index (χ3n) is 2.55. The number of carbonyl (C=O) groups is 1. The minimum absolute atomic E-state index is 0.0173. The van der Waals surface area contributed by atoms with E-state index in [1.165, 1.54) is 0 Å². The topological polar surface area (TPSA) is 42.9 Å². The Bertz CT molecular complexity index is 555. The van der Waals surface area contributed by atoms with Crippen molar-refractivity contribution in [3.05, 3.63) is 58.6 Å². The molecule has 0 saturated heterocycles. The van der Waals surface area contributed by atoms with Gasteiger partial charge in [0, 0.05) is 36.8 Å². The number of halogens is 1. The van der Waals surface area contributed by atoms with Crippen LogP contribution in [-0.4, -0.2) is 15.8 Å². The van der Waals surface area contributed by atoms with Crippen LogP contribution < -0.4 is 0 Å². The molecule has 0 aromatic carbocycles. The van der Waals surface area contributed by atoms with E-state index in [0.717, 1.165) is 11.1 Å². The normalized spacial score (nSPS) is 10.2. The first-order chi connectivity index (χ1) is 8.18. The van der Waals surface area contributed by atoms with Crippen molar-refractivity contribution < 1.29 is 4.79 Å². The second-order valence-corrected chi connectivity index (χ2v) is 4.16. The van der Waals surface area contributed by atoms with Crippen molar-refractivity contribution in [2.24, 2.45) is 0 Å². The lowest BCUT2D eigenvalue weighted by Crippen LogP contribution is -2.06. The zero-order valence-corrected chi connectivity index (χ0v) is 10.1. The quantitative estimate of drug-likeness (QED) is 0.782. The molecule has 0 aliphatic heterocycles. The zero-order valence-electron chi connectivity index (χ0n) is 9.35. The van der Waals surface area contributed by atoms with Gasteiger partial charge < -0.3 is 0 Å². The molecule has 0 fully saturated rings. The van der Waals surface area contributed by atoms with Crippen LogP contribution in [0.4, 0.5) is 0 Å². The SMILES string of the molecule is Cc1ccncc1C(=O)Cc1ccncc1Cl. The molecule has 0 N–H and O–H groups in total. The number of aryl methyl sites for hydroxylation is 1. The van der Waals surface area contributed by atoms with E-state index in [4.69, 9.17) is 11.6 Å². The molecule has 0 aliphatic rings. The molecular weight excluding hydrogens is 236 g/mol. The number of carbonyl (C=O) groups excluding carboxylic acids is 1. The fourth-order valence-corrected chi connectivity index (χ4v) is 1.76.